The number of nitrogens with two attached hydrogens (primary N) is 1. The van der Waals surface area contributed by atoms with E-state index in [9.17, 15) is 0 Å². The first kappa shape index (κ1) is 12.2. The van der Waals surface area contributed by atoms with Crippen molar-refractivity contribution in [3.05, 3.63) is 52.4 Å². The standard InChI is InChI=1S/C14H10IN3O/c15-11-5-3-9(4-6-11)13-12(14(16)19-18-13)10-2-1-7-17-8-10/h1-8H,16H2. The van der Waals surface area contributed by atoms with E-state index in [0.29, 0.717) is 5.88 Å². The van der Waals surface area contributed by atoms with E-state index in [2.05, 4.69) is 32.7 Å². The SMILES string of the molecule is Nc1onc(-c2ccc(I)cc2)c1-c1cccnc1. The molecule has 0 atom stereocenters. The highest BCUT2D eigenvalue weighted by atomic mass is 127. The van der Waals surface area contributed by atoms with Crippen LogP contribution in [-0.2, 0) is 0 Å². The Labute approximate surface area is 123 Å². The van der Waals surface area contributed by atoms with Crippen LogP contribution in [0.5, 0.6) is 0 Å². The Kier molecular flexibility index (Phi) is 3.20. The van der Waals surface area contributed by atoms with E-state index in [4.69, 9.17) is 10.3 Å². The van der Waals surface area contributed by atoms with Gasteiger partial charge in [-0.1, -0.05) is 23.4 Å². The van der Waals surface area contributed by atoms with Crippen LogP contribution < -0.4 is 5.73 Å². The highest BCUT2D eigenvalue weighted by Gasteiger charge is 2.17. The molecule has 0 aliphatic rings. The largest absolute Gasteiger partial charge is 0.367 e. The number of benzene rings is 1. The normalized spacial score (nSPS) is 10.6. The third-order valence-corrected chi connectivity index (χ3v) is 3.51. The summed E-state index contributed by atoms with van der Waals surface area (Å²) in [6.45, 7) is 0. The van der Waals surface area contributed by atoms with Crippen molar-refractivity contribution in [2.24, 2.45) is 0 Å². The van der Waals surface area contributed by atoms with Crippen LogP contribution in [0.3, 0.4) is 0 Å². The van der Waals surface area contributed by atoms with Crippen LogP contribution in [0.2, 0.25) is 0 Å². The summed E-state index contributed by atoms with van der Waals surface area (Å²) >= 11 is 2.26. The zero-order chi connectivity index (χ0) is 13.2. The Hall–Kier alpha value is -1.89. The van der Waals surface area contributed by atoms with E-state index in [-0.39, 0.29) is 0 Å². The fourth-order valence-electron chi connectivity index (χ4n) is 1.90. The summed E-state index contributed by atoms with van der Waals surface area (Å²) in [4.78, 5) is 4.10. The molecule has 3 rings (SSSR count). The molecule has 0 saturated heterocycles. The van der Waals surface area contributed by atoms with E-state index in [1.165, 1.54) is 3.57 Å². The van der Waals surface area contributed by atoms with Crippen molar-refractivity contribution in [3.8, 4) is 22.4 Å². The second-order valence-electron chi connectivity index (χ2n) is 4.02. The number of nitrogen functional groups attached to an aromatic ring is 1. The summed E-state index contributed by atoms with van der Waals surface area (Å²) in [5.41, 5.74) is 9.28. The molecule has 2 N–H and O–H groups in total. The van der Waals surface area contributed by atoms with Gasteiger partial charge in [-0.3, -0.25) is 4.98 Å². The summed E-state index contributed by atoms with van der Waals surface area (Å²) < 4.78 is 6.30. The molecule has 0 bridgehead atoms. The zero-order valence-electron chi connectivity index (χ0n) is 9.88. The molecule has 0 aliphatic heterocycles. The fraction of sp³-hybridized carbons (Fsp3) is 0. The molecule has 0 saturated carbocycles. The quantitative estimate of drug-likeness (QED) is 0.707. The van der Waals surface area contributed by atoms with Gasteiger partial charge < -0.3 is 10.3 Å². The van der Waals surface area contributed by atoms with Crippen molar-refractivity contribution in [1.82, 2.24) is 10.1 Å². The smallest absolute Gasteiger partial charge is 0.230 e. The van der Waals surface area contributed by atoms with Gasteiger partial charge in [0.25, 0.3) is 0 Å². The summed E-state index contributed by atoms with van der Waals surface area (Å²) in [5.74, 6) is 0.307. The van der Waals surface area contributed by atoms with Gasteiger partial charge in [-0.15, -0.1) is 0 Å². The maximum absolute atomic E-state index is 5.88. The number of hydrogen-bond donors (Lipinski definition) is 1. The van der Waals surface area contributed by atoms with Crippen LogP contribution in [-0.4, -0.2) is 10.1 Å². The summed E-state index contributed by atoms with van der Waals surface area (Å²) in [7, 11) is 0. The lowest BCUT2D eigenvalue weighted by Crippen LogP contribution is -1.88. The Morgan fingerprint density at radius 2 is 1.84 bits per heavy atom. The molecule has 94 valence electrons. The lowest BCUT2D eigenvalue weighted by atomic mass is 10.0. The Morgan fingerprint density at radius 3 is 2.53 bits per heavy atom. The van der Waals surface area contributed by atoms with Gasteiger partial charge in [0.2, 0.25) is 5.88 Å². The van der Waals surface area contributed by atoms with Crippen molar-refractivity contribution in [1.29, 1.82) is 0 Å². The molecule has 0 aliphatic carbocycles. The molecule has 19 heavy (non-hydrogen) atoms. The Balaban J connectivity index is 2.16. The number of pyridine rings is 1. The van der Waals surface area contributed by atoms with Crippen molar-refractivity contribution in [2.45, 2.75) is 0 Å². The predicted octanol–water partition coefficient (Wildman–Crippen LogP) is 3.59. The number of aromatic nitrogens is 2. The number of halogens is 1. The van der Waals surface area contributed by atoms with Crippen LogP contribution in [0, 0.1) is 3.57 Å². The molecule has 2 heterocycles. The highest BCUT2D eigenvalue weighted by Crippen LogP contribution is 2.35. The van der Waals surface area contributed by atoms with Gasteiger partial charge in [-0.05, 0) is 40.8 Å². The van der Waals surface area contributed by atoms with Gasteiger partial charge in [0.15, 0.2) is 0 Å². The van der Waals surface area contributed by atoms with E-state index >= 15 is 0 Å². The minimum absolute atomic E-state index is 0.307. The molecule has 3 aromatic rings. The molecule has 4 nitrogen and oxygen atoms in total. The second-order valence-corrected chi connectivity index (χ2v) is 5.26. The maximum Gasteiger partial charge on any atom is 0.230 e. The first-order valence-electron chi connectivity index (χ1n) is 5.67. The van der Waals surface area contributed by atoms with Crippen LogP contribution in [0.15, 0.2) is 53.3 Å². The van der Waals surface area contributed by atoms with E-state index in [1.54, 1.807) is 12.4 Å². The fourth-order valence-corrected chi connectivity index (χ4v) is 2.26. The molecule has 0 fully saturated rings. The minimum atomic E-state index is 0.307. The molecule has 5 heteroatoms. The second kappa shape index (κ2) is 5.00. The summed E-state index contributed by atoms with van der Waals surface area (Å²) in [6, 6.07) is 11.8. The highest BCUT2D eigenvalue weighted by molar-refractivity contribution is 14.1. The lowest BCUT2D eigenvalue weighted by Gasteiger charge is -2.02. The van der Waals surface area contributed by atoms with E-state index in [0.717, 1.165) is 22.4 Å². The monoisotopic (exact) mass is 363 g/mol. The van der Waals surface area contributed by atoms with Gasteiger partial charge in [-0.2, -0.15) is 0 Å². The minimum Gasteiger partial charge on any atom is -0.367 e. The van der Waals surface area contributed by atoms with Gasteiger partial charge in [0.1, 0.15) is 5.69 Å². The van der Waals surface area contributed by atoms with Crippen molar-refractivity contribution < 1.29 is 4.52 Å². The molecule has 0 radical (unpaired) electrons. The first-order valence-corrected chi connectivity index (χ1v) is 6.75. The van der Waals surface area contributed by atoms with Gasteiger partial charge >= 0.3 is 0 Å². The molecular formula is C14H10IN3O. The average molecular weight is 363 g/mol. The zero-order valence-corrected chi connectivity index (χ0v) is 12.0. The molecule has 2 aromatic heterocycles. The predicted molar refractivity (Wildman–Crippen MR) is 82.3 cm³/mol. The van der Waals surface area contributed by atoms with Crippen molar-refractivity contribution >= 4 is 28.5 Å². The lowest BCUT2D eigenvalue weighted by molar-refractivity contribution is 0.439. The summed E-state index contributed by atoms with van der Waals surface area (Å²) in [5, 5.41) is 4.06. The number of anilines is 1. The molecule has 1 aromatic carbocycles. The molecule has 0 spiro atoms. The van der Waals surface area contributed by atoms with Gasteiger partial charge in [0.05, 0.1) is 5.56 Å². The third-order valence-electron chi connectivity index (χ3n) is 2.79. The molecular weight excluding hydrogens is 353 g/mol. The van der Waals surface area contributed by atoms with Crippen LogP contribution in [0.25, 0.3) is 22.4 Å². The van der Waals surface area contributed by atoms with E-state index in [1.807, 2.05) is 36.4 Å². The summed E-state index contributed by atoms with van der Waals surface area (Å²) in [6.07, 6.45) is 3.47. The Bertz CT molecular complexity index is 692. The first-order chi connectivity index (χ1) is 9.25. The van der Waals surface area contributed by atoms with Crippen LogP contribution in [0.4, 0.5) is 5.88 Å². The third kappa shape index (κ3) is 2.33. The van der Waals surface area contributed by atoms with E-state index < -0.39 is 0 Å². The number of hydrogen-bond acceptors (Lipinski definition) is 4. The molecule has 0 unspecified atom stereocenters. The van der Waals surface area contributed by atoms with Crippen molar-refractivity contribution in [3.63, 3.8) is 0 Å². The topological polar surface area (TPSA) is 64.9 Å². The Morgan fingerprint density at radius 1 is 1.05 bits per heavy atom. The van der Waals surface area contributed by atoms with Gasteiger partial charge in [0, 0.05) is 27.1 Å². The molecule has 0 amide bonds. The van der Waals surface area contributed by atoms with Crippen LogP contribution in [0.1, 0.15) is 0 Å². The van der Waals surface area contributed by atoms with Crippen molar-refractivity contribution in [2.75, 3.05) is 5.73 Å². The number of nitrogens with zero attached hydrogens (tertiary/aromatic N) is 2. The van der Waals surface area contributed by atoms with Gasteiger partial charge in [-0.25, -0.2) is 0 Å². The van der Waals surface area contributed by atoms with Crippen LogP contribution >= 0.6 is 22.6 Å². The average Bonchev–Trinajstić information content (AvgIpc) is 2.82. The maximum atomic E-state index is 5.88. The number of rotatable bonds is 2.